The molecule has 1 heterocycles. The topological polar surface area (TPSA) is 20.3 Å². The fourth-order valence-corrected chi connectivity index (χ4v) is 2.86. The van der Waals surface area contributed by atoms with Gasteiger partial charge in [-0.25, -0.2) is 0 Å². The van der Waals surface area contributed by atoms with E-state index in [4.69, 9.17) is 0 Å². The van der Waals surface area contributed by atoms with Crippen LogP contribution in [0.1, 0.15) is 58.3 Å². The van der Waals surface area contributed by atoms with Gasteiger partial charge in [-0.2, -0.15) is 0 Å². The number of hydrogen-bond donors (Lipinski definition) is 0. The second-order valence-corrected chi connectivity index (χ2v) is 5.31. The van der Waals surface area contributed by atoms with E-state index in [1.165, 1.54) is 38.5 Å². The van der Waals surface area contributed by atoms with E-state index in [-0.39, 0.29) is 0 Å². The average Bonchev–Trinajstić information content (AvgIpc) is 2.63. The molecule has 0 aromatic carbocycles. The summed E-state index contributed by atoms with van der Waals surface area (Å²) in [5, 5.41) is 0. The summed E-state index contributed by atoms with van der Waals surface area (Å²) in [6, 6.07) is 0. The minimum absolute atomic E-state index is 0.339. The summed E-state index contributed by atoms with van der Waals surface area (Å²) in [5.74, 6) is 1.46. The quantitative estimate of drug-likeness (QED) is 0.468. The molecule has 0 saturated carbocycles. The number of amides is 1. The van der Waals surface area contributed by atoms with Crippen molar-refractivity contribution in [1.29, 1.82) is 0 Å². The Kier molecular flexibility index (Phi) is 6.90. The van der Waals surface area contributed by atoms with E-state index in [0.29, 0.717) is 5.91 Å². The maximum Gasteiger partial charge on any atom is 0.232 e. The number of carbonyl (C=O) groups is 1. The fraction of sp³-hybridized carbons (Fsp3) is 0.917. The first kappa shape index (κ1) is 12.9. The number of hydrogen-bond acceptors (Lipinski definition) is 2. The summed E-state index contributed by atoms with van der Waals surface area (Å²) in [6.07, 6.45) is 9.85. The number of rotatable bonds is 8. The minimum Gasteiger partial charge on any atom is -0.286 e. The molecule has 88 valence electrons. The van der Waals surface area contributed by atoms with E-state index in [9.17, 15) is 4.79 Å². The molecule has 2 nitrogen and oxygen atoms in total. The van der Waals surface area contributed by atoms with Crippen molar-refractivity contribution < 1.29 is 4.79 Å². The molecule has 3 heteroatoms. The maximum absolute atomic E-state index is 11.3. The van der Waals surface area contributed by atoms with Gasteiger partial charge in [0.1, 0.15) is 0 Å². The highest BCUT2D eigenvalue weighted by molar-refractivity contribution is 7.97. The Morgan fingerprint density at radius 1 is 1.20 bits per heavy atom. The van der Waals surface area contributed by atoms with Gasteiger partial charge in [0.15, 0.2) is 0 Å². The first-order chi connectivity index (χ1) is 7.34. The molecule has 1 aliphatic heterocycles. The van der Waals surface area contributed by atoms with Crippen LogP contribution in [-0.4, -0.2) is 22.5 Å². The third-order valence-electron chi connectivity index (χ3n) is 2.78. The first-order valence-electron chi connectivity index (χ1n) is 6.28. The zero-order valence-corrected chi connectivity index (χ0v) is 10.7. The van der Waals surface area contributed by atoms with Crippen molar-refractivity contribution in [3.8, 4) is 0 Å². The standard InChI is InChI=1S/C12H23NOS/c1-2-3-4-5-6-7-11-15-13-10-8-9-12(13)14/h2-11H2,1H3. The van der Waals surface area contributed by atoms with Crippen molar-refractivity contribution in [2.75, 3.05) is 12.3 Å². The van der Waals surface area contributed by atoms with Crippen molar-refractivity contribution >= 4 is 17.9 Å². The highest BCUT2D eigenvalue weighted by atomic mass is 32.2. The van der Waals surface area contributed by atoms with Crippen molar-refractivity contribution in [2.24, 2.45) is 0 Å². The van der Waals surface area contributed by atoms with E-state index < -0.39 is 0 Å². The summed E-state index contributed by atoms with van der Waals surface area (Å²) in [6.45, 7) is 3.22. The van der Waals surface area contributed by atoms with E-state index >= 15 is 0 Å². The van der Waals surface area contributed by atoms with Crippen LogP contribution in [-0.2, 0) is 4.79 Å². The lowest BCUT2D eigenvalue weighted by atomic mass is 10.1. The number of nitrogens with zero attached hydrogens (tertiary/aromatic N) is 1. The molecular formula is C12H23NOS. The largest absolute Gasteiger partial charge is 0.286 e. The molecule has 1 amide bonds. The zero-order valence-electron chi connectivity index (χ0n) is 9.83. The van der Waals surface area contributed by atoms with E-state index in [1.807, 2.05) is 4.31 Å². The molecule has 0 aromatic rings. The van der Waals surface area contributed by atoms with Gasteiger partial charge in [-0.15, -0.1) is 0 Å². The zero-order chi connectivity index (χ0) is 10.9. The molecule has 0 bridgehead atoms. The molecule has 1 fully saturated rings. The van der Waals surface area contributed by atoms with Gasteiger partial charge in [0, 0.05) is 18.7 Å². The van der Waals surface area contributed by atoms with Crippen LogP contribution in [0.3, 0.4) is 0 Å². The number of unbranched alkanes of at least 4 members (excludes halogenated alkanes) is 5. The Hall–Kier alpha value is -0.180. The van der Waals surface area contributed by atoms with Gasteiger partial charge < -0.3 is 0 Å². The molecular weight excluding hydrogens is 206 g/mol. The lowest BCUT2D eigenvalue weighted by molar-refractivity contribution is -0.123. The van der Waals surface area contributed by atoms with Gasteiger partial charge in [0.2, 0.25) is 5.91 Å². The molecule has 0 aromatic heterocycles. The predicted molar refractivity (Wildman–Crippen MR) is 66.8 cm³/mol. The summed E-state index contributed by atoms with van der Waals surface area (Å²) in [5.41, 5.74) is 0. The summed E-state index contributed by atoms with van der Waals surface area (Å²) < 4.78 is 1.95. The minimum atomic E-state index is 0.339. The molecule has 1 aliphatic rings. The van der Waals surface area contributed by atoms with Crippen LogP contribution in [0.15, 0.2) is 0 Å². The maximum atomic E-state index is 11.3. The van der Waals surface area contributed by atoms with Gasteiger partial charge in [0.25, 0.3) is 0 Å². The van der Waals surface area contributed by atoms with Gasteiger partial charge >= 0.3 is 0 Å². The van der Waals surface area contributed by atoms with Crippen LogP contribution in [0.5, 0.6) is 0 Å². The molecule has 0 spiro atoms. The molecule has 1 saturated heterocycles. The second-order valence-electron chi connectivity index (χ2n) is 4.20. The van der Waals surface area contributed by atoms with Gasteiger partial charge in [-0.05, 0) is 24.8 Å². The third kappa shape index (κ3) is 5.45. The Morgan fingerprint density at radius 3 is 2.60 bits per heavy atom. The molecule has 0 atom stereocenters. The van der Waals surface area contributed by atoms with E-state index in [1.54, 1.807) is 11.9 Å². The molecule has 1 rings (SSSR count). The molecule has 0 aliphatic carbocycles. The molecule has 0 radical (unpaired) electrons. The van der Waals surface area contributed by atoms with Crippen molar-refractivity contribution in [3.05, 3.63) is 0 Å². The SMILES string of the molecule is CCCCCCCCSN1CCCC1=O. The van der Waals surface area contributed by atoms with Crippen molar-refractivity contribution in [1.82, 2.24) is 4.31 Å². The van der Waals surface area contributed by atoms with Crippen LogP contribution < -0.4 is 0 Å². The smallest absolute Gasteiger partial charge is 0.232 e. The Morgan fingerprint density at radius 2 is 1.93 bits per heavy atom. The Labute approximate surface area is 97.9 Å². The first-order valence-corrected chi connectivity index (χ1v) is 7.22. The monoisotopic (exact) mass is 229 g/mol. The van der Waals surface area contributed by atoms with Crippen molar-refractivity contribution in [3.63, 3.8) is 0 Å². The fourth-order valence-electron chi connectivity index (χ4n) is 1.82. The Bertz CT molecular complexity index is 184. The normalized spacial score (nSPS) is 16.3. The van der Waals surface area contributed by atoms with Gasteiger partial charge in [-0.3, -0.25) is 9.10 Å². The molecule has 0 N–H and O–H groups in total. The Balaban J connectivity index is 1.86. The highest BCUT2D eigenvalue weighted by Gasteiger charge is 2.19. The van der Waals surface area contributed by atoms with Gasteiger partial charge in [0.05, 0.1) is 0 Å². The van der Waals surface area contributed by atoms with Crippen LogP contribution in [0.4, 0.5) is 0 Å². The van der Waals surface area contributed by atoms with E-state index in [0.717, 1.165) is 25.1 Å². The summed E-state index contributed by atoms with van der Waals surface area (Å²) >= 11 is 1.74. The predicted octanol–water partition coefficient (Wildman–Crippen LogP) is 3.62. The molecule has 0 unspecified atom stereocenters. The average molecular weight is 229 g/mol. The van der Waals surface area contributed by atoms with Crippen LogP contribution in [0.25, 0.3) is 0 Å². The van der Waals surface area contributed by atoms with Gasteiger partial charge in [-0.1, -0.05) is 39.0 Å². The van der Waals surface area contributed by atoms with Crippen LogP contribution >= 0.6 is 11.9 Å². The second kappa shape index (κ2) is 8.03. The van der Waals surface area contributed by atoms with Crippen LogP contribution in [0, 0.1) is 0 Å². The van der Waals surface area contributed by atoms with Crippen molar-refractivity contribution in [2.45, 2.75) is 58.3 Å². The van der Waals surface area contributed by atoms with E-state index in [2.05, 4.69) is 6.92 Å². The summed E-state index contributed by atoms with van der Waals surface area (Å²) in [7, 11) is 0. The van der Waals surface area contributed by atoms with Crippen LogP contribution in [0.2, 0.25) is 0 Å². The third-order valence-corrected chi connectivity index (χ3v) is 3.94. The lowest BCUT2D eigenvalue weighted by Gasteiger charge is -2.13. The lowest BCUT2D eigenvalue weighted by Crippen LogP contribution is -2.16. The number of carbonyl (C=O) groups excluding carboxylic acids is 1. The highest BCUT2D eigenvalue weighted by Crippen LogP contribution is 2.21. The summed E-state index contributed by atoms with van der Waals surface area (Å²) in [4.78, 5) is 11.3. The molecule has 15 heavy (non-hydrogen) atoms.